The normalized spacial score (nSPS) is 24.5. The highest BCUT2D eigenvalue weighted by Gasteiger charge is 2.38. The van der Waals surface area contributed by atoms with Crippen LogP contribution in [0.3, 0.4) is 0 Å². The molecule has 104 heavy (non-hydrogen) atoms. The van der Waals surface area contributed by atoms with E-state index in [1.165, 1.54) is 318 Å². The maximum absolute atomic E-state index is 5.37. The highest BCUT2D eigenvalue weighted by Crippen LogP contribution is 2.20. The van der Waals surface area contributed by atoms with Gasteiger partial charge in [-0.1, -0.05) is 0 Å². The number of likely N-dealkylation sites (tertiary alicyclic amines) is 4. The Morgan fingerprint density at radius 3 is 0.635 bits per heavy atom. The lowest BCUT2D eigenvalue weighted by Gasteiger charge is -2.32. The van der Waals surface area contributed by atoms with Crippen molar-refractivity contribution in [1.82, 2.24) is 78.4 Å². The van der Waals surface area contributed by atoms with Crippen molar-refractivity contribution >= 4 is 71.2 Å². The van der Waals surface area contributed by atoms with Crippen molar-refractivity contribution in [2.75, 3.05) is 365 Å². The molecule has 0 unspecified atom stereocenters. The van der Waals surface area contributed by atoms with Crippen LogP contribution in [0.4, 0.5) is 0 Å². The van der Waals surface area contributed by atoms with Crippen LogP contribution in [-0.4, -0.2) is 528 Å². The first kappa shape index (κ1) is 82.8. The van der Waals surface area contributed by atoms with Gasteiger partial charge in [0.25, 0.3) is 0 Å². The van der Waals surface area contributed by atoms with Crippen LogP contribution >= 0.6 is 23.5 Å². The fourth-order valence-electron chi connectivity index (χ4n) is 17.8. The Bertz CT molecular complexity index is 2700. The third-order valence-corrected chi connectivity index (χ3v) is 25.2. The van der Waals surface area contributed by atoms with Crippen LogP contribution in [0.1, 0.15) is 83.5 Å². The van der Waals surface area contributed by atoms with Gasteiger partial charge in [0.15, 0.2) is 0 Å². The van der Waals surface area contributed by atoms with Gasteiger partial charge in [-0.2, -0.15) is 11.8 Å². The van der Waals surface area contributed by atoms with Crippen molar-refractivity contribution in [3.05, 3.63) is 0 Å². The summed E-state index contributed by atoms with van der Waals surface area (Å²) in [5, 5.41) is 0. The van der Waals surface area contributed by atoms with E-state index < -0.39 is 0 Å². The third kappa shape index (κ3) is 23.4. The number of nitrogens with zero attached hydrogens (tertiary/aromatic N) is 24. The first-order valence-corrected chi connectivity index (χ1v) is 43.3. The van der Waals surface area contributed by atoms with E-state index in [1.54, 1.807) is 0 Å². The molecule has 0 N–H and O–H groups in total. The molecule has 8 fully saturated rings. The summed E-state index contributed by atoms with van der Waals surface area (Å²) >= 11 is 4.09. The number of rotatable bonds is 0. The lowest BCUT2D eigenvalue weighted by Crippen LogP contribution is -2.54. The molecule has 0 saturated carbocycles. The summed E-state index contributed by atoms with van der Waals surface area (Å²) in [6.45, 7) is 40.2. The van der Waals surface area contributed by atoms with E-state index in [2.05, 4.69) is 240 Å². The number of ether oxygens (including phenoxy) is 2. The van der Waals surface area contributed by atoms with Gasteiger partial charge in [0.1, 0.15) is 5.88 Å². The number of morpholine rings is 2. The van der Waals surface area contributed by atoms with Crippen molar-refractivity contribution in [3.63, 3.8) is 0 Å². The molecule has 0 radical (unpaired) electrons. The fraction of sp³-hybridized carbons (Fsp3) is 0.895. The maximum Gasteiger partial charge on any atom is 0.350 e. The zero-order valence-electron chi connectivity index (χ0n) is 69.1. The Morgan fingerprint density at radius 1 is 0.202 bits per heavy atom. The summed E-state index contributed by atoms with van der Waals surface area (Å²) in [5.74, 6) is 16.4. The number of hydrogen-bond donors (Lipinski definition) is 0. The highest BCUT2D eigenvalue weighted by molar-refractivity contribution is 7.99. The molecule has 16 rings (SSSR count). The lowest BCUT2D eigenvalue weighted by molar-refractivity contribution is -0.514. The summed E-state index contributed by atoms with van der Waals surface area (Å²) in [4.78, 5) is 38.9. The van der Waals surface area contributed by atoms with Gasteiger partial charge in [-0.25, -0.2) is 0 Å². The zero-order chi connectivity index (χ0) is 74.1. The monoisotopic (exact) mass is 1500 g/mol. The van der Waals surface area contributed by atoms with Crippen molar-refractivity contribution < 1.29 is 46.1 Å². The molecule has 0 spiro atoms. The van der Waals surface area contributed by atoms with E-state index in [0.29, 0.717) is 0 Å². The molecular weight excluding hydrogens is 1350 g/mol. The lowest BCUT2D eigenvalue weighted by atomic mass is 10.1. The molecule has 0 aromatic rings. The number of piperidine rings is 2. The van der Waals surface area contributed by atoms with Gasteiger partial charge in [-0.3, -0.25) is 115 Å². The number of guanidine groups is 8. The Labute approximate surface area is 641 Å². The van der Waals surface area contributed by atoms with Gasteiger partial charge < -0.3 is 9.47 Å². The average Bonchev–Trinajstić information content (AvgIpc) is 1.77. The highest BCUT2D eigenvalue weighted by atomic mass is 32.2. The molecule has 28 heteroatoms. The second-order valence-electron chi connectivity index (χ2n) is 31.8. The van der Waals surface area contributed by atoms with Gasteiger partial charge in [0.2, 0.25) is 0 Å². The van der Waals surface area contributed by atoms with Crippen molar-refractivity contribution in [2.45, 2.75) is 83.5 Å². The van der Waals surface area contributed by atoms with Crippen molar-refractivity contribution in [2.24, 2.45) is 0 Å². The van der Waals surface area contributed by atoms with Crippen LogP contribution in [0.5, 0.6) is 0 Å². The predicted octanol–water partition coefficient (Wildman–Crippen LogP) is 0.494. The molecule has 0 aliphatic carbocycles. The van der Waals surface area contributed by atoms with E-state index in [-0.39, 0.29) is 0 Å². The minimum absolute atomic E-state index is 0.866. The van der Waals surface area contributed by atoms with E-state index in [9.17, 15) is 0 Å². The molecule has 0 atom stereocenters. The Hall–Kier alpha value is -5.22. The van der Waals surface area contributed by atoms with Gasteiger partial charge in [0.05, 0.1) is 342 Å². The van der Waals surface area contributed by atoms with E-state index in [0.717, 1.165) is 65.7 Å². The first-order valence-electron chi connectivity index (χ1n) is 41.0. The number of likely N-dealkylation sites (N-methyl/N-ethyl adjacent to an activating group) is 10. The first-order chi connectivity index (χ1) is 50.3. The molecule has 592 valence electrons. The minimum atomic E-state index is 0.866. The van der Waals surface area contributed by atoms with E-state index in [1.807, 2.05) is 11.8 Å². The van der Waals surface area contributed by atoms with Gasteiger partial charge in [-0.15, -0.1) is 11.8 Å². The van der Waals surface area contributed by atoms with Crippen LogP contribution in [-0.2, 0) is 9.47 Å². The molecule has 0 aromatic heterocycles. The molecule has 8 saturated heterocycles. The van der Waals surface area contributed by atoms with Crippen LogP contribution in [0.15, 0.2) is 0 Å². The molecule has 16 aliphatic heterocycles. The van der Waals surface area contributed by atoms with Crippen molar-refractivity contribution in [1.29, 1.82) is 0 Å². The molecular formula is C76H152N24O2S2+8. The predicted molar refractivity (Wildman–Crippen MR) is 434 cm³/mol. The second kappa shape index (κ2) is 42.5. The summed E-state index contributed by atoms with van der Waals surface area (Å²) < 4.78 is 29.7. The summed E-state index contributed by atoms with van der Waals surface area (Å²) in [5.41, 5.74) is 0. The van der Waals surface area contributed by atoms with Gasteiger partial charge in [0, 0.05) is 36.5 Å². The molecule has 16 heterocycles. The Morgan fingerprint density at radius 2 is 0.404 bits per heavy atom. The van der Waals surface area contributed by atoms with Crippen molar-refractivity contribution in [3.8, 4) is 0 Å². The quantitative estimate of drug-likeness (QED) is 0.315. The SMILES string of the molecule is CN1CCC[N+](C)=C1N1CCCC1.CN1CCC[N+](C)=C1N1CCCCC1.CN1CCC[N+](C)=C1N1CCOCC1.CN1CC[N+](C)=C1N1CCCC1.CN1CC[N+](C)=C1N1CCCCC1.CN1CC[N+](C)=C1N1CCOCC1.CN1CC[N+](C)=C1N1CCSC1.CN1CC[N+](C)=C1N1CCSCC1. The number of thioether (sulfide) groups is 2. The largest absolute Gasteiger partial charge is 0.375 e. The van der Waals surface area contributed by atoms with Crippen LogP contribution in [0, 0.1) is 0 Å². The van der Waals surface area contributed by atoms with E-state index in [4.69, 9.17) is 9.47 Å². The summed E-state index contributed by atoms with van der Waals surface area (Å²) in [6.07, 6.45) is 17.6. The van der Waals surface area contributed by atoms with Gasteiger partial charge in [-0.05, 0) is 64.2 Å². The average molecular weight is 1500 g/mol. The third-order valence-electron chi connectivity index (χ3n) is 23.3. The fourth-order valence-corrected chi connectivity index (χ4v) is 19.7. The van der Waals surface area contributed by atoms with Gasteiger partial charge >= 0.3 is 47.7 Å². The van der Waals surface area contributed by atoms with Crippen LogP contribution in [0.2, 0.25) is 0 Å². The van der Waals surface area contributed by atoms with Crippen LogP contribution in [0.25, 0.3) is 0 Å². The zero-order valence-corrected chi connectivity index (χ0v) is 70.8. The van der Waals surface area contributed by atoms with Crippen LogP contribution < -0.4 is 0 Å². The minimum Gasteiger partial charge on any atom is -0.375 e. The molecule has 0 bridgehead atoms. The molecule has 26 nitrogen and oxygen atoms in total. The Kier molecular flexibility index (Phi) is 33.9. The topological polar surface area (TPSA) is 94.4 Å². The molecule has 16 aliphatic rings. The molecule has 0 aromatic carbocycles. The maximum atomic E-state index is 5.37. The standard InChI is InChI=1S/C11H22N3.C10H20N3O.2C10H20N3.C9H18N3O.C9H18N3S.C9H18N3.C8H16N3S/c1-12-7-6-8-13(2)11(12)14-9-4-3-5-10-14;1-11-4-3-5-12(2)10(11)13-6-8-14-9-7-13;1-11-6-5-7-12(2)10(11)13-8-3-4-9-13;1-11-8-9-12(2)10(11)13-6-4-3-5-7-13;2*1-10-3-4-11(2)9(10)12-5-7-13-8-6-12;1-10-7-8-11(2)9(10)12-5-3-4-6-12;1-9-3-4-10(2)8(9)11-5-6-12-7-11/h3-10H2,1-2H3;3-9H2,1-2H3;2*3-9H2,1-2H3;2*3-8H2,1-2H3;3-8H2,1-2H3;3-7H2,1-2H3/q8*+1. The second-order valence-corrected chi connectivity index (χ2v) is 34.1. The summed E-state index contributed by atoms with van der Waals surface area (Å²) in [6, 6.07) is 0. The molecule has 0 amide bonds. The van der Waals surface area contributed by atoms with E-state index >= 15 is 0 Å². The number of hydrogen-bond acceptors (Lipinski definition) is 20. The Balaban J connectivity index is 0.000000138. The summed E-state index contributed by atoms with van der Waals surface area (Å²) in [7, 11) is 35.1. The smallest absolute Gasteiger partial charge is 0.350 e.